The molecule has 1 saturated heterocycles. The molecular formula is C19H19FN4O3S2. The number of oxazole rings is 1. The fourth-order valence-corrected chi connectivity index (χ4v) is 5.81. The lowest BCUT2D eigenvalue weighted by Gasteiger charge is -2.10. The van der Waals surface area contributed by atoms with Crippen molar-refractivity contribution in [3.05, 3.63) is 60.6 Å². The zero-order valence-electron chi connectivity index (χ0n) is 15.5. The Kier molecular flexibility index (Phi) is 5.55. The van der Waals surface area contributed by atoms with Crippen LogP contribution in [-0.4, -0.2) is 39.7 Å². The summed E-state index contributed by atoms with van der Waals surface area (Å²) in [5.74, 6) is 2.01. The molecule has 1 unspecified atom stereocenters. The summed E-state index contributed by atoms with van der Waals surface area (Å²) in [6.45, 7) is 4.27. The van der Waals surface area contributed by atoms with Crippen molar-refractivity contribution in [2.24, 2.45) is 0 Å². The standard InChI is InChI=1S/C19H19FN4O3S2/c1-2-8-24-18(14-7-9-29(25,26)12-14)22-23-19(24)28-11-17-21-10-16(27-17)13-3-5-15(20)6-4-13/h2-6,10,14H,1,7-9,11-12H2. The number of hydrogen-bond acceptors (Lipinski definition) is 7. The summed E-state index contributed by atoms with van der Waals surface area (Å²) < 4.78 is 44.3. The molecule has 1 atom stereocenters. The van der Waals surface area contributed by atoms with E-state index in [1.54, 1.807) is 24.4 Å². The van der Waals surface area contributed by atoms with Gasteiger partial charge < -0.3 is 8.98 Å². The van der Waals surface area contributed by atoms with Gasteiger partial charge in [0.2, 0.25) is 5.89 Å². The molecule has 29 heavy (non-hydrogen) atoms. The molecule has 4 rings (SSSR count). The first-order valence-corrected chi connectivity index (χ1v) is 11.8. The van der Waals surface area contributed by atoms with Crippen LogP contribution in [0.5, 0.6) is 0 Å². The molecule has 0 bridgehead atoms. The first-order valence-electron chi connectivity index (χ1n) is 9.03. The van der Waals surface area contributed by atoms with Crippen molar-refractivity contribution in [3.8, 4) is 11.3 Å². The van der Waals surface area contributed by atoms with Crippen molar-refractivity contribution in [2.45, 2.75) is 29.8 Å². The number of nitrogens with zero attached hydrogens (tertiary/aromatic N) is 4. The van der Waals surface area contributed by atoms with E-state index >= 15 is 0 Å². The van der Waals surface area contributed by atoms with Crippen molar-refractivity contribution in [2.75, 3.05) is 11.5 Å². The van der Waals surface area contributed by atoms with Gasteiger partial charge in [0, 0.05) is 18.0 Å². The van der Waals surface area contributed by atoms with E-state index in [-0.39, 0.29) is 23.2 Å². The topological polar surface area (TPSA) is 90.9 Å². The van der Waals surface area contributed by atoms with Crippen molar-refractivity contribution in [3.63, 3.8) is 0 Å². The first kappa shape index (κ1) is 19.8. The van der Waals surface area contributed by atoms with Gasteiger partial charge in [-0.3, -0.25) is 0 Å². The molecule has 0 aliphatic carbocycles. The molecule has 1 aromatic carbocycles. The number of halogens is 1. The second-order valence-corrected chi connectivity index (χ2v) is 9.93. The number of sulfone groups is 1. The minimum Gasteiger partial charge on any atom is -0.440 e. The Labute approximate surface area is 172 Å². The summed E-state index contributed by atoms with van der Waals surface area (Å²) in [5, 5.41) is 9.15. The Morgan fingerprint density at radius 2 is 2.10 bits per heavy atom. The smallest absolute Gasteiger partial charge is 0.205 e. The first-order chi connectivity index (χ1) is 13.9. The van der Waals surface area contributed by atoms with Crippen LogP contribution in [0, 0.1) is 5.82 Å². The largest absolute Gasteiger partial charge is 0.440 e. The van der Waals surface area contributed by atoms with Gasteiger partial charge in [0.05, 0.1) is 23.5 Å². The molecule has 152 valence electrons. The quantitative estimate of drug-likeness (QED) is 0.415. The van der Waals surface area contributed by atoms with E-state index in [0.29, 0.717) is 41.4 Å². The Hall–Kier alpha value is -2.46. The van der Waals surface area contributed by atoms with Gasteiger partial charge in [-0.05, 0) is 30.7 Å². The van der Waals surface area contributed by atoms with Crippen molar-refractivity contribution < 1.29 is 17.2 Å². The van der Waals surface area contributed by atoms with E-state index < -0.39 is 9.84 Å². The van der Waals surface area contributed by atoms with Crippen LogP contribution in [0.15, 0.2) is 52.7 Å². The number of benzene rings is 1. The summed E-state index contributed by atoms with van der Waals surface area (Å²) >= 11 is 1.41. The Morgan fingerprint density at radius 3 is 2.79 bits per heavy atom. The summed E-state index contributed by atoms with van der Waals surface area (Å²) in [4.78, 5) is 4.27. The molecular weight excluding hydrogens is 415 g/mol. The number of rotatable bonds is 7. The molecule has 1 aliphatic rings. The number of allylic oxidation sites excluding steroid dienone is 1. The zero-order valence-corrected chi connectivity index (χ0v) is 17.1. The SMILES string of the molecule is C=CCn1c(SCc2ncc(-c3ccc(F)cc3)o2)nnc1C1CCS(=O)(=O)C1. The highest BCUT2D eigenvalue weighted by Crippen LogP contribution is 2.31. The van der Waals surface area contributed by atoms with Gasteiger partial charge >= 0.3 is 0 Å². The van der Waals surface area contributed by atoms with Crippen LogP contribution in [0.2, 0.25) is 0 Å². The minimum atomic E-state index is -3.01. The van der Waals surface area contributed by atoms with Crippen LogP contribution in [0.1, 0.15) is 24.1 Å². The molecule has 0 spiro atoms. The fourth-order valence-electron chi connectivity index (χ4n) is 3.26. The average Bonchev–Trinajstić information content (AvgIpc) is 3.40. The van der Waals surface area contributed by atoms with Crippen LogP contribution in [0.4, 0.5) is 4.39 Å². The lowest BCUT2D eigenvalue weighted by Crippen LogP contribution is -2.11. The van der Waals surface area contributed by atoms with Gasteiger partial charge in [0.1, 0.15) is 11.6 Å². The molecule has 2 aromatic heterocycles. The van der Waals surface area contributed by atoms with Crippen LogP contribution < -0.4 is 0 Å². The van der Waals surface area contributed by atoms with Gasteiger partial charge in [0.15, 0.2) is 20.8 Å². The van der Waals surface area contributed by atoms with Crippen LogP contribution in [-0.2, 0) is 22.1 Å². The fraction of sp³-hybridized carbons (Fsp3) is 0.316. The van der Waals surface area contributed by atoms with E-state index in [0.717, 1.165) is 5.56 Å². The maximum Gasteiger partial charge on any atom is 0.205 e. The van der Waals surface area contributed by atoms with Crippen molar-refractivity contribution >= 4 is 21.6 Å². The molecule has 3 heterocycles. The maximum atomic E-state index is 13.1. The van der Waals surface area contributed by atoms with E-state index in [1.807, 2.05) is 4.57 Å². The predicted octanol–water partition coefficient (Wildman–Crippen LogP) is 3.45. The molecule has 0 radical (unpaired) electrons. The highest BCUT2D eigenvalue weighted by molar-refractivity contribution is 7.98. The Morgan fingerprint density at radius 1 is 1.31 bits per heavy atom. The summed E-state index contributed by atoms with van der Waals surface area (Å²) in [5.41, 5.74) is 0.745. The lowest BCUT2D eigenvalue weighted by atomic mass is 10.1. The van der Waals surface area contributed by atoms with Gasteiger partial charge in [-0.2, -0.15) is 0 Å². The predicted molar refractivity (Wildman–Crippen MR) is 108 cm³/mol. The molecule has 10 heteroatoms. The van der Waals surface area contributed by atoms with Crippen molar-refractivity contribution in [1.82, 2.24) is 19.7 Å². The molecule has 0 saturated carbocycles. The minimum absolute atomic E-state index is 0.105. The maximum absolute atomic E-state index is 13.1. The van der Waals surface area contributed by atoms with Crippen molar-refractivity contribution in [1.29, 1.82) is 0 Å². The van der Waals surface area contributed by atoms with Crippen LogP contribution in [0.3, 0.4) is 0 Å². The molecule has 0 amide bonds. The third kappa shape index (κ3) is 4.43. The van der Waals surface area contributed by atoms with E-state index in [9.17, 15) is 12.8 Å². The molecule has 1 aliphatic heterocycles. The normalized spacial score (nSPS) is 18.2. The number of thioether (sulfide) groups is 1. The third-order valence-electron chi connectivity index (χ3n) is 4.66. The van der Waals surface area contributed by atoms with E-state index in [2.05, 4.69) is 21.8 Å². The Balaban J connectivity index is 1.49. The number of hydrogen-bond donors (Lipinski definition) is 0. The molecule has 1 fully saturated rings. The highest BCUT2D eigenvalue weighted by atomic mass is 32.2. The zero-order chi connectivity index (χ0) is 20.4. The van der Waals surface area contributed by atoms with E-state index in [1.165, 1.54) is 23.9 Å². The number of aromatic nitrogens is 4. The second kappa shape index (κ2) is 8.11. The molecule has 0 N–H and O–H groups in total. The summed E-state index contributed by atoms with van der Waals surface area (Å²) in [6, 6.07) is 6.01. The highest BCUT2D eigenvalue weighted by Gasteiger charge is 2.33. The van der Waals surface area contributed by atoms with Gasteiger partial charge in [-0.15, -0.1) is 16.8 Å². The van der Waals surface area contributed by atoms with Gasteiger partial charge in [0.25, 0.3) is 0 Å². The van der Waals surface area contributed by atoms with Crippen LogP contribution >= 0.6 is 11.8 Å². The van der Waals surface area contributed by atoms with Crippen LogP contribution in [0.25, 0.3) is 11.3 Å². The monoisotopic (exact) mass is 434 g/mol. The van der Waals surface area contributed by atoms with E-state index in [4.69, 9.17) is 4.42 Å². The van der Waals surface area contributed by atoms with Gasteiger partial charge in [-0.1, -0.05) is 17.8 Å². The Bertz CT molecular complexity index is 1120. The third-order valence-corrected chi connectivity index (χ3v) is 7.38. The second-order valence-electron chi connectivity index (χ2n) is 6.75. The molecule has 3 aromatic rings. The summed E-state index contributed by atoms with van der Waals surface area (Å²) in [6.07, 6.45) is 3.90. The summed E-state index contributed by atoms with van der Waals surface area (Å²) in [7, 11) is -3.01. The molecule has 7 nitrogen and oxygen atoms in total. The van der Waals surface area contributed by atoms with Gasteiger partial charge in [-0.25, -0.2) is 17.8 Å². The average molecular weight is 435 g/mol. The lowest BCUT2D eigenvalue weighted by molar-refractivity contribution is 0.529.